The Hall–Kier alpha value is -4.72. The van der Waals surface area contributed by atoms with Gasteiger partial charge in [-0.25, -0.2) is 0 Å². The van der Waals surface area contributed by atoms with E-state index in [1.54, 1.807) is 55.7 Å². The van der Waals surface area contributed by atoms with Gasteiger partial charge in [0.05, 0.1) is 18.1 Å². The summed E-state index contributed by atoms with van der Waals surface area (Å²) in [6.45, 7) is 1.86. The summed E-state index contributed by atoms with van der Waals surface area (Å²) in [5, 5.41) is 19.7. The van der Waals surface area contributed by atoms with Gasteiger partial charge in [-0.3, -0.25) is 24.1 Å². The molecule has 1 fully saturated rings. The number of benzene rings is 2. The van der Waals surface area contributed by atoms with Crippen molar-refractivity contribution in [3.05, 3.63) is 99.9 Å². The largest absolute Gasteiger partial charge is 0.508 e. The maximum atomic E-state index is 13.9. The first-order chi connectivity index (χ1) is 20.2. The summed E-state index contributed by atoms with van der Waals surface area (Å²) in [6, 6.07) is 11.6. The number of ether oxygens (including phenoxy) is 1. The van der Waals surface area contributed by atoms with Crippen molar-refractivity contribution in [1.29, 1.82) is 0 Å². The third-order valence-corrected chi connectivity index (χ3v) is 9.36. The monoisotopic (exact) mass is 563 g/mol. The van der Waals surface area contributed by atoms with Crippen LogP contribution in [0.1, 0.15) is 30.9 Å². The lowest BCUT2D eigenvalue weighted by Crippen LogP contribution is -2.41. The smallest absolute Gasteiger partial charge is 0.233 e. The number of allylic oxidation sites excluding steroid dienone is 7. The highest BCUT2D eigenvalue weighted by Crippen LogP contribution is 2.54. The summed E-state index contributed by atoms with van der Waals surface area (Å²) in [5.41, 5.74) is 4.52. The van der Waals surface area contributed by atoms with E-state index in [2.05, 4.69) is 0 Å². The number of carbonyl (C=O) groups is 4. The zero-order valence-electron chi connectivity index (χ0n) is 23.0. The Morgan fingerprint density at radius 3 is 2.50 bits per heavy atom. The second kappa shape index (κ2) is 9.69. The van der Waals surface area contributed by atoms with Gasteiger partial charge in [-0.2, -0.15) is 0 Å². The zero-order valence-corrected chi connectivity index (χ0v) is 23.0. The first-order valence-corrected chi connectivity index (χ1v) is 14.2. The number of ketones is 2. The molecule has 4 atom stereocenters. The second-order valence-electron chi connectivity index (χ2n) is 11.8. The van der Waals surface area contributed by atoms with Gasteiger partial charge in [-0.05, 0) is 79.6 Å². The average Bonchev–Trinajstić information content (AvgIpc) is 3.23. The predicted octanol–water partition coefficient (Wildman–Crippen LogP) is 4.12. The van der Waals surface area contributed by atoms with Crippen molar-refractivity contribution >= 4 is 23.4 Å². The van der Waals surface area contributed by atoms with Crippen LogP contribution in [0.15, 0.2) is 88.7 Å². The van der Waals surface area contributed by atoms with Gasteiger partial charge in [0.1, 0.15) is 17.2 Å². The fourth-order valence-electron chi connectivity index (χ4n) is 7.38. The maximum absolute atomic E-state index is 13.9. The molecular weight excluding hydrogens is 534 g/mol. The van der Waals surface area contributed by atoms with Gasteiger partial charge in [-0.15, -0.1) is 0 Å². The van der Waals surface area contributed by atoms with E-state index in [1.165, 1.54) is 11.0 Å². The number of phenols is 2. The van der Waals surface area contributed by atoms with E-state index < -0.39 is 23.7 Å². The van der Waals surface area contributed by atoms with Crippen LogP contribution in [-0.2, 0) is 32.0 Å². The number of nitrogens with zero attached hydrogens (tertiary/aromatic N) is 1. The molecule has 0 bridgehead atoms. The van der Waals surface area contributed by atoms with E-state index in [0.29, 0.717) is 41.7 Å². The van der Waals surface area contributed by atoms with E-state index in [0.717, 1.165) is 22.3 Å². The molecule has 0 radical (unpaired) electrons. The van der Waals surface area contributed by atoms with Gasteiger partial charge in [0.15, 0.2) is 11.6 Å². The maximum Gasteiger partial charge on any atom is 0.233 e. The Kier molecular flexibility index (Phi) is 6.04. The van der Waals surface area contributed by atoms with Gasteiger partial charge in [0.25, 0.3) is 0 Å². The molecule has 2 aliphatic heterocycles. The first kappa shape index (κ1) is 26.2. The highest BCUT2D eigenvalue weighted by Gasteiger charge is 2.56. The molecule has 8 heteroatoms. The Balaban J connectivity index is 1.25. The van der Waals surface area contributed by atoms with E-state index in [9.17, 15) is 29.4 Å². The number of hydrogen-bond donors (Lipinski definition) is 2. The molecule has 212 valence electrons. The molecule has 2 amide bonds. The van der Waals surface area contributed by atoms with Crippen molar-refractivity contribution < 1.29 is 34.1 Å². The van der Waals surface area contributed by atoms with Crippen molar-refractivity contribution in [2.75, 3.05) is 6.54 Å². The molecule has 2 N–H and O–H groups in total. The molecule has 42 heavy (non-hydrogen) atoms. The SMILES string of the molecule is CC1=CC(=O)C2=C(CC3C(=CCC4C(=O)N(CCc5ccc(O)cc5)C(=O)C43)C2C2=COc3ccc(O)cc3C2)C1=O. The zero-order chi connectivity index (χ0) is 29.3. The van der Waals surface area contributed by atoms with Crippen molar-refractivity contribution in [2.24, 2.45) is 23.7 Å². The van der Waals surface area contributed by atoms with Crippen LogP contribution in [0.4, 0.5) is 0 Å². The second-order valence-corrected chi connectivity index (χ2v) is 11.8. The summed E-state index contributed by atoms with van der Waals surface area (Å²) < 4.78 is 5.93. The Labute approximate surface area is 242 Å². The van der Waals surface area contributed by atoms with Crippen LogP contribution in [0.25, 0.3) is 0 Å². The van der Waals surface area contributed by atoms with Crippen LogP contribution in [0.5, 0.6) is 17.2 Å². The molecule has 0 spiro atoms. The minimum atomic E-state index is -0.621. The summed E-state index contributed by atoms with van der Waals surface area (Å²) in [7, 11) is 0. The topological polar surface area (TPSA) is 121 Å². The number of rotatable bonds is 4. The molecule has 0 aromatic heterocycles. The minimum absolute atomic E-state index is 0.102. The molecule has 8 nitrogen and oxygen atoms in total. The lowest BCUT2D eigenvalue weighted by atomic mass is 9.58. The Bertz CT molecular complexity index is 1710. The summed E-state index contributed by atoms with van der Waals surface area (Å²) >= 11 is 0. The number of aromatic hydroxyl groups is 2. The number of Topliss-reactive ketones (excluding diaryl/α,β-unsaturated/α-hetero) is 1. The number of likely N-dealkylation sites (tertiary alicyclic amines) is 1. The van der Waals surface area contributed by atoms with Gasteiger partial charge >= 0.3 is 0 Å². The van der Waals surface area contributed by atoms with Crippen LogP contribution < -0.4 is 4.74 Å². The average molecular weight is 564 g/mol. The minimum Gasteiger partial charge on any atom is -0.508 e. The molecular formula is C34H29NO7. The fraction of sp³-hybridized carbons (Fsp3) is 0.294. The van der Waals surface area contributed by atoms with Crippen molar-refractivity contribution in [1.82, 2.24) is 4.90 Å². The first-order valence-electron chi connectivity index (χ1n) is 14.2. The normalized spacial score (nSPS) is 26.5. The highest BCUT2D eigenvalue weighted by atomic mass is 16.5. The van der Waals surface area contributed by atoms with Crippen molar-refractivity contribution in [2.45, 2.75) is 32.6 Å². The summed E-state index contributed by atoms with van der Waals surface area (Å²) in [6.07, 6.45) is 6.48. The van der Waals surface area contributed by atoms with Crippen LogP contribution in [0.3, 0.4) is 0 Å². The number of amides is 2. The van der Waals surface area contributed by atoms with Gasteiger partial charge in [0, 0.05) is 41.2 Å². The number of hydrogen-bond acceptors (Lipinski definition) is 7. The van der Waals surface area contributed by atoms with Crippen LogP contribution in [-0.4, -0.2) is 45.0 Å². The fourth-order valence-corrected chi connectivity index (χ4v) is 7.38. The van der Waals surface area contributed by atoms with Gasteiger partial charge in [0.2, 0.25) is 11.8 Å². The van der Waals surface area contributed by atoms with Crippen LogP contribution in [0, 0.1) is 23.7 Å². The number of carbonyl (C=O) groups excluding carboxylic acids is 4. The van der Waals surface area contributed by atoms with Crippen molar-refractivity contribution in [3.8, 4) is 17.2 Å². The molecule has 2 aromatic rings. The molecule has 2 heterocycles. The Morgan fingerprint density at radius 1 is 0.952 bits per heavy atom. The third kappa shape index (κ3) is 4.04. The molecule has 1 saturated heterocycles. The molecule has 7 rings (SSSR count). The molecule has 2 aromatic carbocycles. The molecule has 4 unspecified atom stereocenters. The predicted molar refractivity (Wildman–Crippen MR) is 151 cm³/mol. The van der Waals surface area contributed by atoms with E-state index in [4.69, 9.17) is 4.74 Å². The molecule has 0 saturated carbocycles. The quantitative estimate of drug-likeness (QED) is 0.326. The number of fused-ring (bicyclic) bond motifs is 4. The van der Waals surface area contributed by atoms with E-state index in [-0.39, 0.29) is 47.8 Å². The molecule has 5 aliphatic rings. The number of phenolic OH excluding ortho intramolecular Hbond substituents is 2. The molecule has 3 aliphatic carbocycles. The summed E-state index contributed by atoms with van der Waals surface area (Å²) in [4.78, 5) is 55.8. The third-order valence-electron chi connectivity index (χ3n) is 9.36. The lowest BCUT2D eigenvalue weighted by molar-refractivity contribution is -0.140. The van der Waals surface area contributed by atoms with Crippen molar-refractivity contribution in [3.63, 3.8) is 0 Å². The van der Waals surface area contributed by atoms with Crippen LogP contribution in [0.2, 0.25) is 0 Å². The highest BCUT2D eigenvalue weighted by molar-refractivity contribution is 6.23. The summed E-state index contributed by atoms with van der Waals surface area (Å²) in [5.74, 6) is -2.12. The van der Waals surface area contributed by atoms with Gasteiger partial charge in [-0.1, -0.05) is 23.8 Å². The van der Waals surface area contributed by atoms with Gasteiger partial charge < -0.3 is 14.9 Å². The number of imide groups is 1. The lowest BCUT2D eigenvalue weighted by Gasteiger charge is -2.43. The van der Waals surface area contributed by atoms with E-state index >= 15 is 0 Å². The van der Waals surface area contributed by atoms with Crippen LogP contribution >= 0.6 is 0 Å². The standard InChI is InChI=1S/C34H29NO7/c1-17-12-27(38)31-26(32(17)39)15-25-23(29(31)20-13-19-14-22(37)6-9-28(19)42-16-20)7-8-24-30(25)34(41)35(33(24)40)11-10-18-2-4-21(36)5-3-18/h2-7,9,12,14,16,24-25,29-30,36-37H,8,10-11,13,15H2,1H3. The van der Waals surface area contributed by atoms with E-state index in [1.807, 2.05) is 6.08 Å². The Morgan fingerprint density at radius 2 is 1.71 bits per heavy atom.